The van der Waals surface area contributed by atoms with Gasteiger partial charge in [-0.25, -0.2) is 4.85 Å². The molecule has 2 atom stereocenters. The van der Waals surface area contributed by atoms with Crippen molar-refractivity contribution in [1.29, 1.82) is 0 Å². The van der Waals surface area contributed by atoms with Gasteiger partial charge in [-0.3, -0.25) is 4.68 Å². The number of carbonyl (C=O) groups excluding carboxylic acids is 1. The lowest BCUT2D eigenvalue weighted by Crippen LogP contribution is -2.50. The highest BCUT2D eigenvalue weighted by Crippen LogP contribution is 2.55. The van der Waals surface area contributed by atoms with Crippen molar-refractivity contribution < 1.29 is 4.79 Å². The Labute approximate surface area is 160 Å². The van der Waals surface area contributed by atoms with Crippen LogP contribution in [-0.2, 0) is 23.7 Å². The number of Topliss-reactive ketones (excluding diaryl/α,β-unsaturated/α-hetero) is 1. The monoisotopic (exact) mass is 359 g/mol. The lowest BCUT2D eigenvalue weighted by molar-refractivity contribution is -0.128. The number of aryl methyl sites for hydroxylation is 2. The van der Waals surface area contributed by atoms with Crippen LogP contribution in [0.3, 0.4) is 0 Å². The first-order chi connectivity index (χ1) is 12.7. The average molecular weight is 359 g/mol. The fourth-order valence-electron chi connectivity index (χ4n) is 5.37. The maximum Gasteiger partial charge on any atom is 0.226 e. The molecule has 2 aliphatic rings. The zero-order valence-corrected chi connectivity index (χ0v) is 16.6. The number of nitrogens with zero attached hydrogens (tertiary/aromatic N) is 3. The van der Waals surface area contributed by atoms with Crippen LogP contribution in [0.25, 0.3) is 16.1 Å². The van der Waals surface area contributed by atoms with Crippen LogP contribution in [-0.4, -0.2) is 15.6 Å². The highest BCUT2D eigenvalue weighted by Gasteiger charge is 2.55. The topological polar surface area (TPSA) is 39.2 Å². The van der Waals surface area contributed by atoms with Crippen LogP contribution in [0.15, 0.2) is 36.0 Å². The van der Waals surface area contributed by atoms with Gasteiger partial charge in [0, 0.05) is 29.0 Å². The second kappa shape index (κ2) is 5.66. The first kappa shape index (κ1) is 17.7. The van der Waals surface area contributed by atoms with Gasteiger partial charge in [0.25, 0.3) is 0 Å². The standard InChI is InChI=1S/C23H25N3O/c1-14-9-7-8-10-15(14)19-16-11-12-18-22(2,3)21(27)17(24-5)13-23(18,4)20(16)25-26(19)6/h7-10,13,18H,11-12H2,1-4,6H3/t18-,23-/m0/s1. The molecule has 0 aliphatic heterocycles. The summed E-state index contributed by atoms with van der Waals surface area (Å²) in [4.78, 5) is 16.4. The van der Waals surface area contributed by atoms with Gasteiger partial charge >= 0.3 is 0 Å². The number of rotatable bonds is 1. The predicted molar refractivity (Wildman–Crippen MR) is 106 cm³/mol. The van der Waals surface area contributed by atoms with Crippen molar-refractivity contribution in [3.8, 4) is 11.3 Å². The van der Waals surface area contributed by atoms with E-state index in [-0.39, 0.29) is 17.4 Å². The smallest absolute Gasteiger partial charge is 0.226 e. The van der Waals surface area contributed by atoms with Crippen molar-refractivity contribution in [2.75, 3.05) is 0 Å². The molecule has 0 N–H and O–H groups in total. The predicted octanol–water partition coefficient (Wildman–Crippen LogP) is 4.63. The van der Waals surface area contributed by atoms with Crippen LogP contribution in [0, 0.1) is 24.8 Å². The molecule has 2 aromatic rings. The van der Waals surface area contributed by atoms with E-state index < -0.39 is 10.8 Å². The Morgan fingerprint density at radius 2 is 1.96 bits per heavy atom. The molecule has 4 nitrogen and oxygen atoms in total. The van der Waals surface area contributed by atoms with Gasteiger partial charge in [-0.1, -0.05) is 51.1 Å². The van der Waals surface area contributed by atoms with E-state index in [4.69, 9.17) is 11.7 Å². The zero-order valence-electron chi connectivity index (χ0n) is 16.6. The minimum atomic E-state index is -0.554. The first-order valence-corrected chi connectivity index (χ1v) is 9.49. The Morgan fingerprint density at radius 3 is 2.63 bits per heavy atom. The van der Waals surface area contributed by atoms with Crippen molar-refractivity contribution in [3.63, 3.8) is 0 Å². The van der Waals surface area contributed by atoms with Gasteiger partial charge in [0.2, 0.25) is 5.70 Å². The molecule has 0 bridgehead atoms. The lowest BCUT2D eigenvalue weighted by Gasteiger charge is -2.49. The lowest BCUT2D eigenvalue weighted by atomic mass is 9.53. The molecule has 0 amide bonds. The van der Waals surface area contributed by atoms with Gasteiger partial charge < -0.3 is 4.79 Å². The number of fused-ring (bicyclic) bond motifs is 3. The molecule has 1 aromatic carbocycles. The second-order valence-electron chi connectivity index (χ2n) is 8.68. The second-order valence-corrected chi connectivity index (χ2v) is 8.68. The molecular weight excluding hydrogens is 334 g/mol. The van der Waals surface area contributed by atoms with E-state index in [9.17, 15) is 4.79 Å². The average Bonchev–Trinajstić information content (AvgIpc) is 2.96. The minimum Gasteiger partial charge on any atom is -0.307 e. The molecule has 0 spiro atoms. The number of aromatic nitrogens is 2. The maximum absolute atomic E-state index is 12.8. The van der Waals surface area contributed by atoms with Crippen molar-refractivity contribution in [2.45, 2.75) is 46.0 Å². The fourth-order valence-corrected chi connectivity index (χ4v) is 5.37. The Kier molecular flexibility index (Phi) is 3.72. The van der Waals surface area contributed by atoms with Crippen LogP contribution in [0.5, 0.6) is 0 Å². The number of ketones is 1. The van der Waals surface area contributed by atoms with E-state index in [1.807, 2.05) is 31.7 Å². The van der Waals surface area contributed by atoms with Crippen LogP contribution >= 0.6 is 0 Å². The Morgan fingerprint density at radius 1 is 1.26 bits per heavy atom. The molecule has 4 rings (SSSR count). The largest absolute Gasteiger partial charge is 0.307 e. The van der Waals surface area contributed by atoms with Crippen LogP contribution < -0.4 is 0 Å². The molecule has 0 radical (unpaired) electrons. The Bertz CT molecular complexity index is 1030. The summed E-state index contributed by atoms with van der Waals surface area (Å²) in [6.45, 7) is 15.8. The summed E-state index contributed by atoms with van der Waals surface area (Å²) in [6.07, 6.45) is 3.73. The van der Waals surface area contributed by atoms with Gasteiger partial charge in [-0.2, -0.15) is 5.10 Å². The summed E-state index contributed by atoms with van der Waals surface area (Å²) in [6, 6.07) is 8.39. The highest BCUT2D eigenvalue weighted by molar-refractivity contribution is 6.02. The third-order valence-electron chi connectivity index (χ3n) is 6.71. The van der Waals surface area contributed by atoms with E-state index in [0.717, 1.165) is 24.2 Å². The summed E-state index contributed by atoms with van der Waals surface area (Å²) in [5, 5.41) is 4.94. The van der Waals surface area contributed by atoms with Crippen molar-refractivity contribution in [1.82, 2.24) is 9.78 Å². The molecule has 2 aliphatic carbocycles. The summed E-state index contributed by atoms with van der Waals surface area (Å²) in [5.41, 5.74) is 5.19. The molecule has 27 heavy (non-hydrogen) atoms. The molecule has 1 aromatic heterocycles. The molecule has 138 valence electrons. The minimum absolute atomic E-state index is 0.0292. The summed E-state index contributed by atoms with van der Waals surface area (Å²) in [7, 11) is 2.00. The van der Waals surface area contributed by atoms with E-state index in [2.05, 4.69) is 43.0 Å². The number of hydrogen-bond acceptors (Lipinski definition) is 2. The summed E-state index contributed by atoms with van der Waals surface area (Å²) in [5.74, 6) is 0.119. The molecule has 0 saturated carbocycles. The maximum atomic E-state index is 12.8. The van der Waals surface area contributed by atoms with Gasteiger partial charge in [-0.15, -0.1) is 0 Å². The summed E-state index contributed by atoms with van der Waals surface area (Å²) >= 11 is 0. The Hall–Kier alpha value is -2.67. The summed E-state index contributed by atoms with van der Waals surface area (Å²) < 4.78 is 1.98. The molecule has 0 unspecified atom stereocenters. The van der Waals surface area contributed by atoms with E-state index in [0.29, 0.717) is 0 Å². The van der Waals surface area contributed by atoms with E-state index >= 15 is 0 Å². The Balaban J connectivity index is 1.98. The van der Waals surface area contributed by atoms with E-state index in [1.54, 1.807) is 0 Å². The van der Waals surface area contributed by atoms with Crippen molar-refractivity contribution in [2.24, 2.45) is 18.4 Å². The van der Waals surface area contributed by atoms with Crippen LogP contribution in [0.2, 0.25) is 0 Å². The van der Waals surface area contributed by atoms with Crippen molar-refractivity contribution >= 4 is 5.78 Å². The molecule has 4 heteroatoms. The fraction of sp³-hybridized carbons (Fsp3) is 0.435. The first-order valence-electron chi connectivity index (χ1n) is 9.49. The molecule has 0 fully saturated rings. The normalized spacial score (nSPS) is 26.0. The van der Waals surface area contributed by atoms with Crippen molar-refractivity contribution in [3.05, 3.63) is 64.3 Å². The van der Waals surface area contributed by atoms with Crippen LogP contribution in [0.1, 0.15) is 44.0 Å². The van der Waals surface area contributed by atoms with Gasteiger partial charge in [0.05, 0.1) is 18.0 Å². The van der Waals surface area contributed by atoms with Gasteiger partial charge in [0.15, 0.2) is 5.78 Å². The molecule has 1 heterocycles. The SMILES string of the molecule is [C-]#[N+]C1=C[C@]2(C)c3nn(C)c(-c4ccccc4C)c3CC[C@H]2C(C)(C)C1=O. The number of allylic oxidation sites excluding steroid dienone is 2. The number of hydrogen-bond donors (Lipinski definition) is 0. The molecular formula is C23H25N3O. The number of carbonyl (C=O) groups is 1. The highest BCUT2D eigenvalue weighted by atomic mass is 16.1. The third-order valence-corrected chi connectivity index (χ3v) is 6.71. The number of benzene rings is 1. The van der Waals surface area contributed by atoms with Gasteiger partial charge in [0.1, 0.15) is 0 Å². The quantitative estimate of drug-likeness (QED) is 0.697. The zero-order chi connectivity index (χ0) is 19.6. The third kappa shape index (κ3) is 2.27. The van der Waals surface area contributed by atoms with Gasteiger partial charge in [-0.05, 0) is 31.2 Å². The molecule has 0 saturated heterocycles. The van der Waals surface area contributed by atoms with E-state index in [1.165, 1.54) is 16.7 Å². The van der Waals surface area contributed by atoms with Crippen LogP contribution in [0.4, 0.5) is 0 Å².